The zero-order valence-corrected chi connectivity index (χ0v) is 14.6. The Bertz CT molecular complexity index is 759. The number of hydrogen-bond donors (Lipinski definition) is 1. The minimum atomic E-state index is -0.377. The standard InChI is InChI=1S/C20H23N3O2/c1-22(2)19(15-8-4-3-5-9-15)20(25)21-16-10-6-11-17(14-16)23-13-7-12-18(23)24/h3-6,8-11,14,19H,7,12-13H2,1-2H3,(H,21,25)/t19-/m0/s1. The lowest BCUT2D eigenvalue weighted by atomic mass is 10.1. The van der Waals surface area contributed by atoms with Crippen molar-refractivity contribution in [1.29, 1.82) is 0 Å². The van der Waals surface area contributed by atoms with Crippen LogP contribution < -0.4 is 10.2 Å². The van der Waals surface area contributed by atoms with Crippen molar-refractivity contribution in [2.45, 2.75) is 18.9 Å². The third-order valence-electron chi connectivity index (χ3n) is 4.38. The number of rotatable bonds is 5. The lowest BCUT2D eigenvalue weighted by Gasteiger charge is -2.24. The first-order chi connectivity index (χ1) is 12.1. The van der Waals surface area contributed by atoms with Gasteiger partial charge in [0.05, 0.1) is 0 Å². The van der Waals surface area contributed by atoms with Crippen LogP contribution in [0.2, 0.25) is 0 Å². The highest BCUT2D eigenvalue weighted by atomic mass is 16.2. The van der Waals surface area contributed by atoms with Crippen LogP contribution in [-0.4, -0.2) is 37.4 Å². The topological polar surface area (TPSA) is 52.7 Å². The van der Waals surface area contributed by atoms with Gasteiger partial charge in [0.2, 0.25) is 11.8 Å². The fraction of sp³-hybridized carbons (Fsp3) is 0.300. The summed E-state index contributed by atoms with van der Waals surface area (Å²) >= 11 is 0. The van der Waals surface area contributed by atoms with E-state index in [1.807, 2.05) is 73.6 Å². The molecule has 1 atom stereocenters. The number of amides is 2. The molecule has 0 aliphatic carbocycles. The molecule has 25 heavy (non-hydrogen) atoms. The van der Waals surface area contributed by atoms with E-state index in [4.69, 9.17) is 0 Å². The molecule has 1 fully saturated rings. The van der Waals surface area contributed by atoms with E-state index in [-0.39, 0.29) is 17.9 Å². The zero-order valence-electron chi connectivity index (χ0n) is 14.6. The Morgan fingerprint density at radius 1 is 1.12 bits per heavy atom. The zero-order chi connectivity index (χ0) is 17.8. The molecule has 1 aliphatic rings. The van der Waals surface area contributed by atoms with Gasteiger partial charge in [0.15, 0.2) is 0 Å². The Morgan fingerprint density at radius 2 is 1.88 bits per heavy atom. The van der Waals surface area contributed by atoms with Gasteiger partial charge in [-0.15, -0.1) is 0 Å². The Balaban J connectivity index is 1.79. The van der Waals surface area contributed by atoms with Gasteiger partial charge >= 0.3 is 0 Å². The van der Waals surface area contributed by atoms with Crippen LogP contribution in [0, 0.1) is 0 Å². The van der Waals surface area contributed by atoms with E-state index in [1.165, 1.54) is 0 Å². The highest BCUT2D eigenvalue weighted by Crippen LogP contribution is 2.26. The maximum Gasteiger partial charge on any atom is 0.246 e. The van der Waals surface area contributed by atoms with Crippen LogP contribution in [0.5, 0.6) is 0 Å². The SMILES string of the molecule is CN(C)[C@H](C(=O)Nc1cccc(N2CCCC2=O)c1)c1ccccc1. The molecule has 2 aromatic rings. The van der Waals surface area contributed by atoms with Crippen LogP contribution >= 0.6 is 0 Å². The molecule has 5 heteroatoms. The van der Waals surface area contributed by atoms with E-state index in [0.29, 0.717) is 12.1 Å². The molecule has 0 bridgehead atoms. The van der Waals surface area contributed by atoms with Crippen LogP contribution in [0.15, 0.2) is 54.6 Å². The van der Waals surface area contributed by atoms with Crippen molar-refractivity contribution in [3.63, 3.8) is 0 Å². The van der Waals surface area contributed by atoms with Crippen molar-refractivity contribution < 1.29 is 9.59 Å². The van der Waals surface area contributed by atoms with E-state index in [2.05, 4.69) is 5.32 Å². The summed E-state index contributed by atoms with van der Waals surface area (Å²) in [6.45, 7) is 0.737. The predicted molar refractivity (Wildman–Crippen MR) is 99.5 cm³/mol. The second-order valence-corrected chi connectivity index (χ2v) is 6.47. The fourth-order valence-electron chi connectivity index (χ4n) is 3.20. The van der Waals surface area contributed by atoms with Gasteiger partial charge in [0.1, 0.15) is 6.04 Å². The molecule has 0 saturated carbocycles. The summed E-state index contributed by atoms with van der Waals surface area (Å²) in [5.74, 6) is 0.0417. The maximum absolute atomic E-state index is 12.8. The van der Waals surface area contributed by atoms with Crippen LogP contribution in [0.3, 0.4) is 0 Å². The lowest BCUT2D eigenvalue weighted by molar-refractivity contribution is -0.120. The molecule has 0 radical (unpaired) electrons. The fourth-order valence-corrected chi connectivity index (χ4v) is 3.20. The first-order valence-electron chi connectivity index (χ1n) is 8.49. The summed E-state index contributed by atoms with van der Waals surface area (Å²) in [7, 11) is 3.77. The van der Waals surface area contributed by atoms with E-state index >= 15 is 0 Å². The second-order valence-electron chi connectivity index (χ2n) is 6.47. The molecule has 5 nitrogen and oxygen atoms in total. The molecule has 0 spiro atoms. The molecule has 1 saturated heterocycles. The van der Waals surface area contributed by atoms with E-state index in [1.54, 1.807) is 4.90 Å². The Morgan fingerprint density at radius 3 is 2.52 bits per heavy atom. The van der Waals surface area contributed by atoms with Crippen molar-refractivity contribution >= 4 is 23.2 Å². The van der Waals surface area contributed by atoms with Crippen LogP contribution in [0.25, 0.3) is 0 Å². The number of benzene rings is 2. The number of carbonyl (C=O) groups excluding carboxylic acids is 2. The first kappa shape index (κ1) is 17.2. The Kier molecular flexibility index (Phi) is 5.14. The number of nitrogens with one attached hydrogen (secondary N) is 1. The molecule has 1 N–H and O–H groups in total. The molecule has 1 aliphatic heterocycles. The minimum Gasteiger partial charge on any atom is -0.324 e. The van der Waals surface area contributed by atoms with Crippen LogP contribution in [0.4, 0.5) is 11.4 Å². The molecule has 1 heterocycles. The van der Waals surface area contributed by atoms with Gasteiger partial charge in [-0.25, -0.2) is 0 Å². The Hall–Kier alpha value is -2.66. The number of nitrogens with zero attached hydrogens (tertiary/aromatic N) is 2. The number of hydrogen-bond acceptors (Lipinski definition) is 3. The largest absolute Gasteiger partial charge is 0.324 e. The van der Waals surface area contributed by atoms with Gasteiger partial charge in [-0.1, -0.05) is 36.4 Å². The van der Waals surface area contributed by atoms with E-state index < -0.39 is 0 Å². The molecule has 2 amide bonds. The summed E-state index contributed by atoms with van der Waals surface area (Å²) in [5, 5.41) is 2.98. The van der Waals surface area contributed by atoms with E-state index in [9.17, 15) is 9.59 Å². The normalized spacial score (nSPS) is 15.5. The van der Waals surface area contributed by atoms with Crippen LogP contribution in [-0.2, 0) is 9.59 Å². The average Bonchev–Trinajstić information content (AvgIpc) is 3.02. The molecular weight excluding hydrogens is 314 g/mol. The molecule has 2 aromatic carbocycles. The second kappa shape index (κ2) is 7.49. The lowest BCUT2D eigenvalue weighted by Crippen LogP contribution is -2.32. The Labute approximate surface area is 148 Å². The van der Waals surface area contributed by atoms with Crippen LogP contribution in [0.1, 0.15) is 24.4 Å². The number of anilines is 2. The molecular formula is C20H23N3O2. The van der Waals surface area contributed by atoms with Crippen molar-refractivity contribution in [2.24, 2.45) is 0 Å². The maximum atomic E-state index is 12.8. The highest BCUT2D eigenvalue weighted by molar-refractivity contribution is 5.98. The van der Waals surface area contributed by atoms with Gasteiger partial charge in [-0.2, -0.15) is 0 Å². The molecule has 3 rings (SSSR count). The summed E-state index contributed by atoms with van der Waals surface area (Å²) in [6, 6.07) is 16.8. The summed E-state index contributed by atoms with van der Waals surface area (Å²) in [6.07, 6.45) is 1.47. The van der Waals surface area contributed by atoms with Gasteiger partial charge in [-0.3, -0.25) is 14.5 Å². The van der Waals surface area contributed by atoms with Gasteiger partial charge in [0.25, 0.3) is 0 Å². The highest BCUT2D eigenvalue weighted by Gasteiger charge is 2.24. The number of carbonyl (C=O) groups is 2. The quantitative estimate of drug-likeness (QED) is 0.912. The number of likely N-dealkylation sites (N-methyl/N-ethyl adjacent to an activating group) is 1. The predicted octanol–water partition coefficient (Wildman–Crippen LogP) is 3.05. The van der Waals surface area contributed by atoms with Crippen molar-refractivity contribution in [1.82, 2.24) is 4.90 Å². The summed E-state index contributed by atoms with van der Waals surface area (Å²) in [5.41, 5.74) is 2.47. The summed E-state index contributed by atoms with van der Waals surface area (Å²) < 4.78 is 0. The smallest absolute Gasteiger partial charge is 0.246 e. The third kappa shape index (κ3) is 3.88. The first-order valence-corrected chi connectivity index (χ1v) is 8.49. The van der Waals surface area contributed by atoms with E-state index in [0.717, 1.165) is 24.2 Å². The van der Waals surface area contributed by atoms with Gasteiger partial charge in [-0.05, 0) is 44.3 Å². The van der Waals surface area contributed by atoms with Crippen molar-refractivity contribution in [2.75, 3.05) is 30.9 Å². The third-order valence-corrected chi connectivity index (χ3v) is 4.38. The van der Waals surface area contributed by atoms with Crippen molar-refractivity contribution in [3.05, 3.63) is 60.2 Å². The van der Waals surface area contributed by atoms with Crippen molar-refractivity contribution in [3.8, 4) is 0 Å². The molecule has 130 valence electrons. The molecule has 0 unspecified atom stereocenters. The summed E-state index contributed by atoms with van der Waals surface area (Å²) in [4.78, 5) is 28.4. The minimum absolute atomic E-state index is 0.0962. The van der Waals surface area contributed by atoms with Gasteiger partial charge in [0, 0.05) is 24.3 Å². The van der Waals surface area contributed by atoms with Gasteiger partial charge < -0.3 is 10.2 Å². The molecule has 0 aromatic heterocycles. The monoisotopic (exact) mass is 337 g/mol. The average molecular weight is 337 g/mol.